The average molecular weight is 282 g/mol. The normalized spacial score (nSPS) is 35.1. The molecule has 2 rings (SSSR count). The van der Waals surface area contributed by atoms with Crippen molar-refractivity contribution in [2.75, 3.05) is 32.8 Å². The van der Waals surface area contributed by atoms with Crippen molar-refractivity contribution in [3.05, 3.63) is 0 Å². The molecule has 0 aromatic carbocycles. The summed E-state index contributed by atoms with van der Waals surface area (Å²) in [6.07, 6.45) is 4.99. The Hall–Kier alpha value is -0.120. The molecule has 2 aliphatic heterocycles. The van der Waals surface area contributed by atoms with E-state index >= 15 is 0 Å². The van der Waals surface area contributed by atoms with Gasteiger partial charge in [0.15, 0.2) is 0 Å². The van der Waals surface area contributed by atoms with Crippen LogP contribution in [-0.4, -0.2) is 49.8 Å². The quantitative estimate of drug-likeness (QED) is 0.839. The van der Waals surface area contributed by atoms with Crippen molar-refractivity contribution in [3.8, 4) is 0 Å². The van der Waals surface area contributed by atoms with Gasteiger partial charge in [-0.1, -0.05) is 20.8 Å². The van der Waals surface area contributed by atoms with Crippen LogP contribution in [0.5, 0.6) is 0 Å². The highest BCUT2D eigenvalue weighted by atomic mass is 16.5. The maximum Gasteiger partial charge on any atom is 0.0471 e. The number of ether oxygens (including phenoxy) is 1. The van der Waals surface area contributed by atoms with Gasteiger partial charge in [-0.2, -0.15) is 0 Å². The molecule has 0 aromatic heterocycles. The van der Waals surface area contributed by atoms with E-state index in [1.54, 1.807) is 0 Å². The van der Waals surface area contributed by atoms with Crippen LogP contribution in [0.1, 0.15) is 53.4 Å². The second-order valence-electron chi connectivity index (χ2n) is 7.34. The van der Waals surface area contributed by atoms with Crippen LogP contribution in [0.4, 0.5) is 0 Å². The molecule has 3 nitrogen and oxygen atoms in total. The van der Waals surface area contributed by atoms with E-state index in [1.807, 2.05) is 0 Å². The summed E-state index contributed by atoms with van der Waals surface area (Å²) in [5, 5.41) is 3.74. The number of hydrogen-bond donors (Lipinski definition) is 1. The molecule has 0 aliphatic carbocycles. The molecule has 0 saturated carbocycles. The number of hydrogen-bond acceptors (Lipinski definition) is 3. The summed E-state index contributed by atoms with van der Waals surface area (Å²) in [5.74, 6) is 0.749. The minimum absolute atomic E-state index is 0.468. The lowest BCUT2D eigenvalue weighted by atomic mass is 9.79. The smallest absolute Gasteiger partial charge is 0.0471 e. The van der Waals surface area contributed by atoms with E-state index in [-0.39, 0.29) is 0 Å². The first-order valence-corrected chi connectivity index (χ1v) is 8.61. The summed E-state index contributed by atoms with van der Waals surface area (Å²) in [6.45, 7) is 15.1. The predicted molar refractivity (Wildman–Crippen MR) is 85.1 cm³/mol. The van der Waals surface area contributed by atoms with Crippen LogP contribution in [0.3, 0.4) is 0 Å². The van der Waals surface area contributed by atoms with Crippen LogP contribution in [0.2, 0.25) is 0 Å². The van der Waals surface area contributed by atoms with Gasteiger partial charge < -0.3 is 10.1 Å². The zero-order valence-electron chi connectivity index (χ0n) is 14.0. The molecule has 2 fully saturated rings. The standard InChI is InChI=1S/C17H34N2O/c1-5-9-18-16-6-10-19(15(3)14(16)2)13-17(4)7-11-20-12-8-17/h14-16,18H,5-13H2,1-4H3. The Kier molecular flexibility index (Phi) is 5.88. The molecule has 1 N–H and O–H groups in total. The summed E-state index contributed by atoms with van der Waals surface area (Å²) in [7, 11) is 0. The Morgan fingerprint density at radius 3 is 2.60 bits per heavy atom. The molecule has 0 bridgehead atoms. The molecule has 3 heteroatoms. The highest BCUT2D eigenvalue weighted by molar-refractivity contribution is 4.91. The van der Waals surface area contributed by atoms with Crippen LogP contribution in [0.15, 0.2) is 0 Å². The molecule has 3 unspecified atom stereocenters. The Bertz CT molecular complexity index is 289. The van der Waals surface area contributed by atoms with Crippen molar-refractivity contribution in [1.82, 2.24) is 10.2 Å². The van der Waals surface area contributed by atoms with E-state index < -0.39 is 0 Å². The van der Waals surface area contributed by atoms with Crippen molar-refractivity contribution < 1.29 is 4.74 Å². The van der Waals surface area contributed by atoms with Gasteiger partial charge in [-0.05, 0) is 57.0 Å². The lowest BCUT2D eigenvalue weighted by molar-refractivity contribution is -0.0181. The number of nitrogens with zero attached hydrogens (tertiary/aromatic N) is 1. The van der Waals surface area contributed by atoms with Gasteiger partial charge in [0, 0.05) is 31.8 Å². The van der Waals surface area contributed by atoms with E-state index in [0.29, 0.717) is 17.5 Å². The Morgan fingerprint density at radius 1 is 1.25 bits per heavy atom. The van der Waals surface area contributed by atoms with E-state index in [4.69, 9.17) is 4.74 Å². The second-order valence-corrected chi connectivity index (χ2v) is 7.34. The molecular weight excluding hydrogens is 248 g/mol. The minimum Gasteiger partial charge on any atom is -0.381 e. The molecule has 2 heterocycles. The van der Waals surface area contributed by atoms with Crippen molar-refractivity contribution in [1.29, 1.82) is 0 Å². The SMILES string of the molecule is CCCNC1CCN(CC2(C)CCOCC2)C(C)C1C. The van der Waals surface area contributed by atoms with E-state index in [0.717, 1.165) is 25.7 Å². The summed E-state index contributed by atoms with van der Waals surface area (Å²) in [4.78, 5) is 2.74. The molecule has 20 heavy (non-hydrogen) atoms. The highest BCUT2D eigenvalue weighted by Gasteiger charge is 2.36. The fourth-order valence-electron chi connectivity index (χ4n) is 3.79. The second kappa shape index (κ2) is 7.24. The number of piperidine rings is 1. The number of nitrogens with one attached hydrogen (secondary N) is 1. The first-order chi connectivity index (χ1) is 9.56. The molecule has 0 aromatic rings. The van der Waals surface area contributed by atoms with Gasteiger partial charge in [0.1, 0.15) is 0 Å². The average Bonchev–Trinajstić information content (AvgIpc) is 2.44. The van der Waals surface area contributed by atoms with Crippen LogP contribution >= 0.6 is 0 Å². The van der Waals surface area contributed by atoms with Gasteiger partial charge in [0.2, 0.25) is 0 Å². The molecule has 2 saturated heterocycles. The molecule has 0 amide bonds. The Balaban J connectivity index is 1.87. The van der Waals surface area contributed by atoms with Crippen molar-refractivity contribution >= 4 is 0 Å². The third-order valence-electron chi connectivity index (χ3n) is 5.64. The highest BCUT2D eigenvalue weighted by Crippen LogP contribution is 2.34. The third-order valence-corrected chi connectivity index (χ3v) is 5.64. The van der Waals surface area contributed by atoms with Crippen LogP contribution in [0, 0.1) is 11.3 Å². The maximum atomic E-state index is 5.53. The predicted octanol–water partition coefficient (Wildman–Crippen LogP) is 2.90. The lowest BCUT2D eigenvalue weighted by Gasteiger charge is -2.47. The zero-order chi connectivity index (χ0) is 14.6. The van der Waals surface area contributed by atoms with Gasteiger partial charge in [0.05, 0.1) is 0 Å². The van der Waals surface area contributed by atoms with Crippen LogP contribution < -0.4 is 5.32 Å². The number of rotatable bonds is 5. The molecular formula is C17H34N2O. The monoisotopic (exact) mass is 282 g/mol. The molecule has 0 spiro atoms. The van der Waals surface area contributed by atoms with E-state index in [9.17, 15) is 0 Å². The van der Waals surface area contributed by atoms with Crippen molar-refractivity contribution in [2.24, 2.45) is 11.3 Å². The fraction of sp³-hybridized carbons (Fsp3) is 1.00. The fourth-order valence-corrected chi connectivity index (χ4v) is 3.79. The van der Waals surface area contributed by atoms with Gasteiger partial charge in [-0.3, -0.25) is 4.90 Å². The van der Waals surface area contributed by atoms with Crippen molar-refractivity contribution in [2.45, 2.75) is 65.5 Å². The van der Waals surface area contributed by atoms with E-state index in [2.05, 4.69) is 37.9 Å². The summed E-state index contributed by atoms with van der Waals surface area (Å²) >= 11 is 0. The third kappa shape index (κ3) is 3.96. The number of likely N-dealkylation sites (tertiary alicyclic amines) is 1. The lowest BCUT2D eigenvalue weighted by Crippen LogP contribution is -2.55. The van der Waals surface area contributed by atoms with Crippen molar-refractivity contribution in [3.63, 3.8) is 0 Å². The Labute approximate surface area is 125 Å². The first kappa shape index (κ1) is 16.3. The van der Waals surface area contributed by atoms with Gasteiger partial charge in [0.25, 0.3) is 0 Å². The van der Waals surface area contributed by atoms with Gasteiger partial charge in [-0.25, -0.2) is 0 Å². The first-order valence-electron chi connectivity index (χ1n) is 8.61. The summed E-state index contributed by atoms with van der Waals surface area (Å²) in [5.41, 5.74) is 0.468. The zero-order valence-corrected chi connectivity index (χ0v) is 14.0. The van der Waals surface area contributed by atoms with Crippen LogP contribution in [-0.2, 0) is 4.74 Å². The largest absolute Gasteiger partial charge is 0.381 e. The minimum atomic E-state index is 0.468. The molecule has 3 atom stereocenters. The molecule has 118 valence electrons. The molecule has 2 aliphatic rings. The maximum absolute atomic E-state index is 5.53. The van der Waals surface area contributed by atoms with Crippen LogP contribution in [0.25, 0.3) is 0 Å². The topological polar surface area (TPSA) is 24.5 Å². The van der Waals surface area contributed by atoms with Gasteiger partial charge in [-0.15, -0.1) is 0 Å². The summed E-state index contributed by atoms with van der Waals surface area (Å²) < 4.78 is 5.53. The van der Waals surface area contributed by atoms with E-state index in [1.165, 1.54) is 38.8 Å². The molecule has 0 radical (unpaired) electrons. The summed E-state index contributed by atoms with van der Waals surface area (Å²) in [6, 6.07) is 1.40. The Morgan fingerprint density at radius 2 is 1.95 bits per heavy atom. The van der Waals surface area contributed by atoms with Gasteiger partial charge >= 0.3 is 0 Å².